The van der Waals surface area contributed by atoms with Gasteiger partial charge >= 0.3 is 0 Å². The molecule has 2 unspecified atom stereocenters. The summed E-state index contributed by atoms with van der Waals surface area (Å²) in [6.45, 7) is 1.96. The molecule has 1 fully saturated rings. The molecule has 0 N–H and O–H groups in total. The van der Waals surface area contributed by atoms with Gasteiger partial charge in [-0.3, -0.25) is 0 Å². The highest BCUT2D eigenvalue weighted by atomic mass is 35.5. The number of alkyl halides is 1. The molecule has 1 aliphatic rings. The standard InChI is InChI=1S/C14H20ClNO2/c1-10-11(9-15)6-7-14(16-10)18-13-5-3-4-12(8-13)17-2/h6-7,12-13H,3-5,8-9H2,1-2H3. The summed E-state index contributed by atoms with van der Waals surface area (Å²) in [7, 11) is 1.77. The Morgan fingerprint density at radius 3 is 2.78 bits per heavy atom. The highest BCUT2D eigenvalue weighted by Gasteiger charge is 2.23. The number of rotatable bonds is 4. The molecule has 1 aliphatic carbocycles. The van der Waals surface area contributed by atoms with Crippen molar-refractivity contribution in [2.75, 3.05) is 7.11 Å². The predicted octanol–water partition coefficient (Wildman–Crippen LogP) is 3.47. The van der Waals surface area contributed by atoms with Gasteiger partial charge in [-0.15, -0.1) is 11.6 Å². The summed E-state index contributed by atoms with van der Waals surface area (Å²) in [6, 6.07) is 3.89. The van der Waals surface area contributed by atoms with Crippen LogP contribution in [0, 0.1) is 6.92 Å². The summed E-state index contributed by atoms with van der Waals surface area (Å²) in [4.78, 5) is 4.44. The number of ether oxygens (including phenoxy) is 2. The Bertz CT molecular complexity index is 397. The van der Waals surface area contributed by atoms with E-state index < -0.39 is 0 Å². The van der Waals surface area contributed by atoms with Crippen LogP contribution in [0.2, 0.25) is 0 Å². The van der Waals surface area contributed by atoms with Gasteiger partial charge in [0, 0.05) is 31.2 Å². The molecule has 0 aliphatic heterocycles. The minimum atomic E-state index is 0.220. The number of hydrogen-bond donors (Lipinski definition) is 0. The van der Waals surface area contributed by atoms with Crippen molar-refractivity contribution < 1.29 is 9.47 Å². The average Bonchev–Trinajstić information content (AvgIpc) is 2.39. The van der Waals surface area contributed by atoms with E-state index in [1.165, 1.54) is 0 Å². The Kier molecular flexibility index (Phi) is 4.84. The Morgan fingerprint density at radius 2 is 2.11 bits per heavy atom. The van der Waals surface area contributed by atoms with Crippen molar-refractivity contribution in [3.05, 3.63) is 23.4 Å². The smallest absolute Gasteiger partial charge is 0.213 e. The zero-order chi connectivity index (χ0) is 13.0. The third-order valence-corrected chi connectivity index (χ3v) is 3.80. The maximum Gasteiger partial charge on any atom is 0.213 e. The van der Waals surface area contributed by atoms with Gasteiger partial charge in [-0.25, -0.2) is 4.98 Å². The molecule has 0 bridgehead atoms. The van der Waals surface area contributed by atoms with Crippen molar-refractivity contribution in [3.8, 4) is 5.88 Å². The van der Waals surface area contributed by atoms with E-state index in [1.807, 2.05) is 19.1 Å². The predicted molar refractivity (Wildman–Crippen MR) is 72.2 cm³/mol. The summed E-state index contributed by atoms with van der Waals surface area (Å²) in [6.07, 6.45) is 4.87. The second kappa shape index (κ2) is 6.39. The first-order valence-corrected chi connectivity index (χ1v) is 6.98. The summed E-state index contributed by atoms with van der Waals surface area (Å²) >= 11 is 5.82. The van der Waals surface area contributed by atoms with Gasteiger partial charge in [0.2, 0.25) is 5.88 Å². The normalized spacial score (nSPS) is 23.9. The topological polar surface area (TPSA) is 31.4 Å². The quantitative estimate of drug-likeness (QED) is 0.785. The molecule has 0 aromatic carbocycles. The Morgan fingerprint density at radius 1 is 1.33 bits per heavy atom. The average molecular weight is 270 g/mol. The van der Waals surface area contributed by atoms with E-state index in [4.69, 9.17) is 21.1 Å². The van der Waals surface area contributed by atoms with Crippen molar-refractivity contribution in [2.45, 2.75) is 50.7 Å². The van der Waals surface area contributed by atoms with Crippen LogP contribution in [-0.2, 0) is 10.6 Å². The maximum atomic E-state index is 5.93. The van der Waals surface area contributed by atoms with E-state index in [2.05, 4.69) is 4.98 Å². The zero-order valence-electron chi connectivity index (χ0n) is 11.0. The molecule has 1 heterocycles. The number of hydrogen-bond acceptors (Lipinski definition) is 3. The highest BCUT2D eigenvalue weighted by Crippen LogP contribution is 2.25. The first kappa shape index (κ1) is 13.6. The van der Waals surface area contributed by atoms with E-state index in [0.717, 1.165) is 36.9 Å². The zero-order valence-corrected chi connectivity index (χ0v) is 11.7. The molecule has 0 saturated heterocycles. The highest BCUT2D eigenvalue weighted by molar-refractivity contribution is 6.17. The van der Waals surface area contributed by atoms with Crippen molar-refractivity contribution >= 4 is 11.6 Å². The fourth-order valence-corrected chi connectivity index (χ4v) is 2.65. The molecule has 1 saturated carbocycles. The van der Waals surface area contributed by atoms with Crippen LogP contribution in [-0.4, -0.2) is 24.3 Å². The van der Waals surface area contributed by atoms with Gasteiger partial charge in [-0.1, -0.05) is 6.07 Å². The van der Waals surface area contributed by atoms with Crippen molar-refractivity contribution in [1.29, 1.82) is 0 Å². The van der Waals surface area contributed by atoms with E-state index in [1.54, 1.807) is 7.11 Å². The second-order valence-corrected chi connectivity index (χ2v) is 5.06. The van der Waals surface area contributed by atoms with Gasteiger partial charge in [0.1, 0.15) is 6.10 Å². The third kappa shape index (κ3) is 3.36. The number of pyridine rings is 1. The van der Waals surface area contributed by atoms with Crippen LogP contribution in [0.4, 0.5) is 0 Å². The van der Waals surface area contributed by atoms with Crippen molar-refractivity contribution in [1.82, 2.24) is 4.98 Å². The molecule has 3 nitrogen and oxygen atoms in total. The van der Waals surface area contributed by atoms with E-state index >= 15 is 0 Å². The summed E-state index contributed by atoms with van der Waals surface area (Å²) in [5.74, 6) is 1.19. The lowest BCUT2D eigenvalue weighted by atomic mass is 9.95. The molecule has 2 rings (SSSR count). The fourth-order valence-electron chi connectivity index (χ4n) is 2.37. The van der Waals surface area contributed by atoms with Crippen LogP contribution in [0.5, 0.6) is 5.88 Å². The van der Waals surface area contributed by atoms with Crippen LogP contribution in [0.25, 0.3) is 0 Å². The molecule has 0 radical (unpaired) electrons. The van der Waals surface area contributed by atoms with Crippen LogP contribution in [0.15, 0.2) is 12.1 Å². The van der Waals surface area contributed by atoms with Crippen LogP contribution in [0.3, 0.4) is 0 Å². The minimum absolute atomic E-state index is 0.220. The van der Waals surface area contributed by atoms with Gasteiger partial charge in [-0.2, -0.15) is 0 Å². The Balaban J connectivity index is 1.98. The van der Waals surface area contributed by atoms with Gasteiger partial charge in [-0.05, 0) is 31.7 Å². The summed E-state index contributed by atoms with van der Waals surface area (Å²) in [5.41, 5.74) is 2.00. The van der Waals surface area contributed by atoms with Crippen molar-refractivity contribution in [2.24, 2.45) is 0 Å². The molecule has 2 atom stereocenters. The van der Waals surface area contributed by atoms with Gasteiger partial charge < -0.3 is 9.47 Å². The van der Waals surface area contributed by atoms with Crippen LogP contribution >= 0.6 is 11.6 Å². The lowest BCUT2D eigenvalue weighted by Crippen LogP contribution is -2.29. The van der Waals surface area contributed by atoms with E-state index in [-0.39, 0.29) is 6.10 Å². The first-order chi connectivity index (χ1) is 8.72. The van der Waals surface area contributed by atoms with E-state index in [9.17, 15) is 0 Å². The lowest BCUT2D eigenvalue weighted by Gasteiger charge is -2.28. The molecule has 0 amide bonds. The Labute approximate surface area is 113 Å². The maximum absolute atomic E-state index is 5.93. The summed E-state index contributed by atoms with van der Waals surface area (Å²) < 4.78 is 11.3. The van der Waals surface area contributed by atoms with Crippen molar-refractivity contribution in [3.63, 3.8) is 0 Å². The van der Waals surface area contributed by atoms with Gasteiger partial charge in [0.05, 0.1) is 6.10 Å². The molecule has 1 aromatic heterocycles. The lowest BCUT2D eigenvalue weighted by molar-refractivity contribution is 0.0195. The molecule has 18 heavy (non-hydrogen) atoms. The van der Waals surface area contributed by atoms with Crippen LogP contribution in [0.1, 0.15) is 36.9 Å². The summed E-state index contributed by atoms with van der Waals surface area (Å²) in [5, 5.41) is 0. The number of methoxy groups -OCH3 is 1. The fraction of sp³-hybridized carbons (Fsp3) is 0.643. The number of halogens is 1. The van der Waals surface area contributed by atoms with Gasteiger partial charge in [0.15, 0.2) is 0 Å². The molecular weight excluding hydrogens is 250 g/mol. The molecular formula is C14H20ClNO2. The number of aryl methyl sites for hydroxylation is 1. The number of aromatic nitrogens is 1. The third-order valence-electron chi connectivity index (χ3n) is 3.51. The minimum Gasteiger partial charge on any atom is -0.474 e. The van der Waals surface area contributed by atoms with Gasteiger partial charge in [0.25, 0.3) is 0 Å². The molecule has 100 valence electrons. The van der Waals surface area contributed by atoms with Crippen LogP contribution < -0.4 is 4.74 Å². The Hall–Kier alpha value is -0.800. The molecule has 1 aromatic rings. The SMILES string of the molecule is COC1CCCC(Oc2ccc(CCl)c(C)n2)C1. The first-order valence-electron chi connectivity index (χ1n) is 6.45. The van der Waals surface area contributed by atoms with E-state index in [0.29, 0.717) is 17.9 Å². The molecule has 4 heteroatoms. The molecule has 0 spiro atoms. The largest absolute Gasteiger partial charge is 0.474 e. The number of nitrogens with zero attached hydrogens (tertiary/aromatic N) is 1. The second-order valence-electron chi connectivity index (χ2n) is 4.79. The monoisotopic (exact) mass is 269 g/mol.